The molecule has 1 aliphatic carbocycles. The Kier molecular flexibility index (Phi) is 4.30. The van der Waals surface area contributed by atoms with Crippen molar-refractivity contribution in [2.24, 2.45) is 0 Å². The first-order chi connectivity index (χ1) is 8.65. The molecule has 0 radical (unpaired) electrons. The van der Waals surface area contributed by atoms with E-state index in [0.717, 1.165) is 12.8 Å². The molecule has 2 aliphatic heterocycles. The molecule has 0 spiro atoms. The van der Waals surface area contributed by atoms with Gasteiger partial charge >= 0.3 is 0 Å². The Morgan fingerprint density at radius 3 is 2.58 bits per heavy atom. The highest BCUT2D eigenvalue weighted by Gasteiger charge is 2.39. The lowest BCUT2D eigenvalue weighted by molar-refractivity contribution is -0.146. The predicted octanol–water partition coefficient (Wildman–Crippen LogP) is -0.0586. The van der Waals surface area contributed by atoms with Gasteiger partial charge in [-0.2, -0.15) is 0 Å². The van der Waals surface area contributed by atoms with Crippen LogP contribution in [0.2, 0.25) is 0 Å². The van der Waals surface area contributed by atoms with E-state index in [-0.39, 0.29) is 43.7 Å². The molecule has 3 fully saturated rings. The lowest BCUT2D eigenvalue weighted by Gasteiger charge is -2.35. The third-order valence-corrected chi connectivity index (χ3v) is 3.93. The first-order valence-corrected chi connectivity index (χ1v) is 6.61. The number of hydrogen-bond donors (Lipinski definition) is 1. The van der Waals surface area contributed by atoms with Crippen LogP contribution in [-0.4, -0.2) is 66.0 Å². The van der Waals surface area contributed by atoms with Crippen LogP contribution in [0.1, 0.15) is 19.3 Å². The molecule has 2 saturated heterocycles. The number of rotatable bonds is 2. The highest BCUT2D eigenvalue weighted by atomic mass is 35.5. The Labute approximate surface area is 117 Å². The van der Waals surface area contributed by atoms with Gasteiger partial charge in [-0.1, -0.05) is 0 Å². The molecule has 2 heterocycles. The summed E-state index contributed by atoms with van der Waals surface area (Å²) in [5.74, 6) is -0.0918. The molecule has 19 heavy (non-hydrogen) atoms. The van der Waals surface area contributed by atoms with Gasteiger partial charge in [-0.15, -0.1) is 12.4 Å². The van der Waals surface area contributed by atoms with E-state index < -0.39 is 12.2 Å². The number of carbonyl (C=O) groups is 2. The summed E-state index contributed by atoms with van der Waals surface area (Å²) >= 11 is 0. The van der Waals surface area contributed by atoms with Gasteiger partial charge in [0.25, 0.3) is 0 Å². The first kappa shape index (κ1) is 14.5. The molecule has 0 aromatic rings. The van der Waals surface area contributed by atoms with Crippen molar-refractivity contribution in [3.05, 3.63) is 0 Å². The van der Waals surface area contributed by atoms with Crippen LogP contribution in [0.15, 0.2) is 0 Å². The number of alkyl halides is 1. The van der Waals surface area contributed by atoms with Crippen molar-refractivity contribution in [2.75, 3.05) is 26.2 Å². The van der Waals surface area contributed by atoms with Crippen LogP contribution in [0.4, 0.5) is 4.39 Å². The predicted molar refractivity (Wildman–Crippen MR) is 69.9 cm³/mol. The Bertz CT molecular complexity index is 378. The number of nitrogens with one attached hydrogen (secondary N) is 1. The molecule has 3 rings (SSSR count). The summed E-state index contributed by atoms with van der Waals surface area (Å²) in [6.45, 7) is 1.61. The van der Waals surface area contributed by atoms with E-state index in [2.05, 4.69) is 5.32 Å². The zero-order valence-electron chi connectivity index (χ0n) is 10.7. The average Bonchev–Trinajstić information content (AvgIpc) is 3.10. The summed E-state index contributed by atoms with van der Waals surface area (Å²) < 4.78 is 13.0. The monoisotopic (exact) mass is 291 g/mol. The topological polar surface area (TPSA) is 52.7 Å². The van der Waals surface area contributed by atoms with Crippen LogP contribution in [-0.2, 0) is 9.59 Å². The SMILES string of the molecule is Cl.O=C([C@H]1C[C@H](F)CN1)N1CCN(C2CC2)C(=O)C1. The van der Waals surface area contributed by atoms with Crippen LogP contribution in [0.5, 0.6) is 0 Å². The van der Waals surface area contributed by atoms with E-state index in [4.69, 9.17) is 0 Å². The van der Waals surface area contributed by atoms with Crippen molar-refractivity contribution in [1.29, 1.82) is 0 Å². The number of amides is 2. The van der Waals surface area contributed by atoms with Gasteiger partial charge in [0.2, 0.25) is 11.8 Å². The molecule has 0 aromatic carbocycles. The first-order valence-electron chi connectivity index (χ1n) is 6.61. The molecule has 0 aromatic heterocycles. The van der Waals surface area contributed by atoms with Gasteiger partial charge in [0.15, 0.2) is 0 Å². The molecule has 5 nitrogen and oxygen atoms in total. The van der Waals surface area contributed by atoms with Crippen LogP contribution < -0.4 is 5.32 Å². The molecular formula is C12H19ClFN3O2. The normalized spacial score (nSPS) is 31.3. The standard InChI is InChI=1S/C12H18FN3O2.ClH/c13-8-5-10(14-6-8)12(18)15-3-4-16(9-1-2-9)11(17)7-15;/h8-10,14H,1-7H2;1H/t8-,10+;/m0./s1. The van der Waals surface area contributed by atoms with Crippen LogP contribution in [0.25, 0.3) is 0 Å². The van der Waals surface area contributed by atoms with E-state index >= 15 is 0 Å². The van der Waals surface area contributed by atoms with E-state index in [1.165, 1.54) is 0 Å². The largest absolute Gasteiger partial charge is 0.336 e. The van der Waals surface area contributed by atoms with Crippen molar-refractivity contribution in [2.45, 2.75) is 37.5 Å². The quantitative estimate of drug-likeness (QED) is 0.776. The van der Waals surface area contributed by atoms with Crippen LogP contribution >= 0.6 is 12.4 Å². The third-order valence-electron chi connectivity index (χ3n) is 3.93. The summed E-state index contributed by atoms with van der Waals surface area (Å²) in [7, 11) is 0. The van der Waals surface area contributed by atoms with Gasteiger partial charge in [-0.3, -0.25) is 9.59 Å². The van der Waals surface area contributed by atoms with Crippen molar-refractivity contribution in [3.63, 3.8) is 0 Å². The maximum Gasteiger partial charge on any atom is 0.242 e. The van der Waals surface area contributed by atoms with Gasteiger partial charge in [0.1, 0.15) is 6.17 Å². The fraction of sp³-hybridized carbons (Fsp3) is 0.833. The van der Waals surface area contributed by atoms with Gasteiger partial charge in [-0.05, 0) is 12.8 Å². The van der Waals surface area contributed by atoms with Crippen LogP contribution in [0.3, 0.4) is 0 Å². The molecule has 0 bridgehead atoms. The minimum Gasteiger partial charge on any atom is -0.336 e. The summed E-state index contributed by atoms with van der Waals surface area (Å²) in [6.07, 6.45) is 1.47. The minimum atomic E-state index is -0.942. The zero-order valence-corrected chi connectivity index (χ0v) is 11.5. The summed E-state index contributed by atoms with van der Waals surface area (Å²) in [6, 6.07) is -0.0325. The van der Waals surface area contributed by atoms with E-state index in [9.17, 15) is 14.0 Å². The van der Waals surface area contributed by atoms with Crippen molar-refractivity contribution in [1.82, 2.24) is 15.1 Å². The average molecular weight is 292 g/mol. The minimum absolute atomic E-state index is 0. The number of piperazine rings is 1. The zero-order chi connectivity index (χ0) is 12.7. The maximum atomic E-state index is 13.0. The molecule has 2 atom stereocenters. The molecule has 108 valence electrons. The van der Waals surface area contributed by atoms with E-state index in [0.29, 0.717) is 19.1 Å². The molecule has 0 unspecified atom stereocenters. The molecule has 1 saturated carbocycles. The second-order valence-corrected chi connectivity index (χ2v) is 5.37. The second-order valence-electron chi connectivity index (χ2n) is 5.37. The Morgan fingerprint density at radius 1 is 1.32 bits per heavy atom. The highest BCUT2D eigenvalue weighted by molar-refractivity contribution is 5.89. The van der Waals surface area contributed by atoms with Crippen LogP contribution in [0, 0.1) is 0 Å². The molecule has 2 amide bonds. The molecule has 3 aliphatic rings. The van der Waals surface area contributed by atoms with E-state index in [1.54, 1.807) is 4.90 Å². The smallest absolute Gasteiger partial charge is 0.242 e. The Balaban J connectivity index is 0.00000133. The summed E-state index contributed by atoms with van der Waals surface area (Å²) in [5, 5.41) is 2.87. The number of nitrogens with zero attached hydrogens (tertiary/aromatic N) is 2. The van der Waals surface area contributed by atoms with E-state index in [1.807, 2.05) is 4.90 Å². The number of carbonyl (C=O) groups excluding carboxylic acids is 2. The lowest BCUT2D eigenvalue weighted by Crippen LogP contribution is -2.56. The third kappa shape index (κ3) is 3.00. The van der Waals surface area contributed by atoms with Crippen molar-refractivity contribution >= 4 is 24.2 Å². The number of hydrogen-bond acceptors (Lipinski definition) is 3. The summed E-state index contributed by atoms with van der Waals surface area (Å²) in [5.41, 5.74) is 0. The van der Waals surface area contributed by atoms with Crippen molar-refractivity contribution < 1.29 is 14.0 Å². The van der Waals surface area contributed by atoms with Gasteiger partial charge in [0, 0.05) is 32.1 Å². The second kappa shape index (κ2) is 5.63. The van der Waals surface area contributed by atoms with Gasteiger partial charge in [0.05, 0.1) is 12.6 Å². The number of halogens is 2. The fourth-order valence-electron chi connectivity index (χ4n) is 2.75. The lowest BCUT2D eigenvalue weighted by atomic mass is 10.1. The maximum absolute atomic E-state index is 13.0. The van der Waals surface area contributed by atoms with Gasteiger partial charge < -0.3 is 15.1 Å². The molecule has 1 N–H and O–H groups in total. The Morgan fingerprint density at radius 2 is 2.05 bits per heavy atom. The summed E-state index contributed by atoms with van der Waals surface area (Å²) in [4.78, 5) is 27.5. The highest BCUT2D eigenvalue weighted by Crippen LogP contribution is 2.28. The molecular weight excluding hydrogens is 273 g/mol. The Hall–Kier alpha value is -0.880. The van der Waals surface area contributed by atoms with Crippen molar-refractivity contribution in [3.8, 4) is 0 Å². The molecule has 7 heteroatoms. The van der Waals surface area contributed by atoms with Gasteiger partial charge in [-0.25, -0.2) is 4.39 Å². The fourth-order valence-corrected chi connectivity index (χ4v) is 2.75.